The molecule has 1 aliphatic heterocycles. The highest BCUT2D eigenvalue weighted by Gasteiger charge is 2.19. The number of hydrogen-bond donors (Lipinski definition) is 0. The molecule has 3 rings (SSSR count). The van der Waals surface area contributed by atoms with E-state index in [-0.39, 0.29) is 0 Å². The van der Waals surface area contributed by atoms with Crippen LogP contribution in [0, 0.1) is 33.1 Å². The largest absolute Gasteiger partial charge is 0.368 e. The molecule has 0 aromatic heterocycles. The van der Waals surface area contributed by atoms with Gasteiger partial charge in [0.2, 0.25) is 0 Å². The Hall–Kier alpha value is -2.24. The number of benzene rings is 2. The Morgan fingerprint density at radius 2 is 1.48 bits per heavy atom. The summed E-state index contributed by atoms with van der Waals surface area (Å²) in [5.74, 6) is 2.81. The third-order valence-electron chi connectivity index (χ3n) is 5.12. The van der Waals surface area contributed by atoms with E-state index in [1.54, 1.807) is 0 Å². The highest BCUT2D eigenvalue weighted by Crippen LogP contribution is 2.22. The van der Waals surface area contributed by atoms with Gasteiger partial charge in [-0.05, 0) is 55.2 Å². The second kappa shape index (κ2) is 10.2. The number of piperazine rings is 1. The topological polar surface area (TPSA) is 6.48 Å². The molecule has 2 heteroatoms. The smallest absolute Gasteiger partial charge is 0.0526 e. The van der Waals surface area contributed by atoms with Crippen LogP contribution in [0.1, 0.15) is 48.1 Å². The van der Waals surface area contributed by atoms with Crippen molar-refractivity contribution in [1.29, 1.82) is 0 Å². The number of anilines is 1. The Morgan fingerprint density at radius 3 is 2.11 bits per heavy atom. The van der Waals surface area contributed by atoms with Crippen molar-refractivity contribution in [3.05, 3.63) is 64.2 Å². The molecule has 0 aliphatic carbocycles. The lowest BCUT2D eigenvalue weighted by Gasteiger charge is -2.36. The Morgan fingerprint density at radius 1 is 0.889 bits per heavy atom. The van der Waals surface area contributed by atoms with Gasteiger partial charge < -0.3 is 4.90 Å². The number of hydrogen-bond acceptors (Lipinski definition) is 2. The molecule has 0 spiro atoms. The molecule has 1 aliphatic rings. The quantitative estimate of drug-likeness (QED) is 0.681. The second-order valence-electron chi connectivity index (χ2n) is 7.49. The van der Waals surface area contributed by atoms with Gasteiger partial charge in [0, 0.05) is 38.3 Å². The third-order valence-corrected chi connectivity index (χ3v) is 5.12. The predicted molar refractivity (Wildman–Crippen MR) is 118 cm³/mol. The summed E-state index contributed by atoms with van der Waals surface area (Å²) in [7, 11) is 0. The predicted octanol–water partition coefficient (Wildman–Crippen LogP) is 5.33. The van der Waals surface area contributed by atoms with E-state index in [0.717, 1.165) is 38.3 Å². The van der Waals surface area contributed by atoms with Crippen LogP contribution in [0.15, 0.2) is 36.4 Å². The van der Waals surface area contributed by atoms with Crippen LogP contribution in [0.2, 0.25) is 0 Å². The fraction of sp³-hybridized carbons (Fsp3) is 0.440. The SMILES string of the molecule is C#Cc1ccccc1N1CCN(Cc2cc(C)c(C)cc2C)CC1.CCC. The van der Waals surface area contributed by atoms with Gasteiger partial charge in [0.15, 0.2) is 0 Å². The van der Waals surface area contributed by atoms with Gasteiger partial charge in [-0.3, -0.25) is 4.90 Å². The number of terminal acetylenes is 1. The van der Waals surface area contributed by atoms with Gasteiger partial charge in [-0.2, -0.15) is 0 Å². The van der Waals surface area contributed by atoms with E-state index in [2.05, 4.69) is 74.6 Å². The van der Waals surface area contributed by atoms with E-state index in [9.17, 15) is 0 Å². The average molecular weight is 363 g/mol. The van der Waals surface area contributed by atoms with Gasteiger partial charge in [-0.1, -0.05) is 50.5 Å². The highest BCUT2D eigenvalue weighted by molar-refractivity contribution is 5.60. The molecule has 0 atom stereocenters. The van der Waals surface area contributed by atoms with Gasteiger partial charge in [0.25, 0.3) is 0 Å². The molecular formula is C25H34N2. The third kappa shape index (κ3) is 5.62. The Labute approximate surface area is 166 Å². The first-order valence-electron chi connectivity index (χ1n) is 10.1. The summed E-state index contributed by atoms with van der Waals surface area (Å²) in [6.07, 6.45) is 6.89. The summed E-state index contributed by atoms with van der Waals surface area (Å²) in [5.41, 5.74) is 7.82. The van der Waals surface area contributed by atoms with E-state index in [0.29, 0.717) is 0 Å². The van der Waals surface area contributed by atoms with Gasteiger partial charge >= 0.3 is 0 Å². The normalized spacial score (nSPS) is 14.3. The van der Waals surface area contributed by atoms with Gasteiger partial charge in [0.05, 0.1) is 5.69 Å². The molecule has 0 bridgehead atoms. The molecule has 2 aromatic carbocycles. The maximum absolute atomic E-state index is 5.64. The summed E-state index contributed by atoms with van der Waals surface area (Å²) in [6.45, 7) is 16.1. The van der Waals surface area contributed by atoms with Crippen molar-refractivity contribution in [3.8, 4) is 12.3 Å². The number of para-hydroxylation sites is 1. The zero-order valence-corrected chi connectivity index (χ0v) is 17.7. The van der Waals surface area contributed by atoms with Gasteiger partial charge in [-0.15, -0.1) is 6.42 Å². The molecule has 1 fully saturated rings. The lowest BCUT2D eigenvalue weighted by atomic mass is 10.0. The van der Waals surface area contributed by atoms with Crippen molar-refractivity contribution in [3.63, 3.8) is 0 Å². The minimum atomic E-state index is 0.996. The van der Waals surface area contributed by atoms with Crippen LogP contribution in [0.25, 0.3) is 0 Å². The summed E-state index contributed by atoms with van der Waals surface area (Å²) in [5, 5.41) is 0. The minimum absolute atomic E-state index is 0.996. The van der Waals surface area contributed by atoms with Gasteiger partial charge in [0.1, 0.15) is 0 Å². The fourth-order valence-electron chi connectivity index (χ4n) is 3.45. The summed E-state index contributed by atoms with van der Waals surface area (Å²) >= 11 is 0. The van der Waals surface area contributed by atoms with Crippen molar-refractivity contribution >= 4 is 5.69 Å². The molecule has 0 amide bonds. The fourth-order valence-corrected chi connectivity index (χ4v) is 3.45. The van der Waals surface area contributed by atoms with E-state index in [1.165, 1.54) is 34.4 Å². The van der Waals surface area contributed by atoms with E-state index >= 15 is 0 Å². The first kappa shape index (κ1) is 21.1. The first-order valence-corrected chi connectivity index (χ1v) is 10.1. The molecule has 144 valence electrons. The summed E-state index contributed by atoms with van der Waals surface area (Å²) < 4.78 is 0. The van der Waals surface area contributed by atoms with Crippen LogP contribution in [0.4, 0.5) is 5.69 Å². The molecule has 0 N–H and O–H groups in total. The second-order valence-corrected chi connectivity index (χ2v) is 7.49. The monoisotopic (exact) mass is 362 g/mol. The molecule has 0 radical (unpaired) electrons. The Bertz CT molecular complexity index is 777. The Kier molecular flexibility index (Phi) is 7.95. The standard InChI is InChI=1S/C22H26N2.C3H8/c1-5-20-8-6-7-9-22(20)24-12-10-23(11-13-24)16-21-15-18(3)17(2)14-19(21)4;1-3-2/h1,6-9,14-15H,10-13,16H2,2-4H3;3H2,1-2H3. The van der Waals surface area contributed by atoms with Crippen molar-refractivity contribution in [2.24, 2.45) is 0 Å². The van der Waals surface area contributed by atoms with Crippen LogP contribution < -0.4 is 4.90 Å². The maximum Gasteiger partial charge on any atom is 0.0526 e. The van der Waals surface area contributed by atoms with Crippen LogP contribution in [-0.2, 0) is 6.54 Å². The van der Waals surface area contributed by atoms with E-state index in [1.807, 2.05) is 12.1 Å². The van der Waals surface area contributed by atoms with Crippen molar-refractivity contribution < 1.29 is 0 Å². The maximum atomic E-state index is 5.64. The van der Waals surface area contributed by atoms with Crippen LogP contribution in [0.5, 0.6) is 0 Å². The van der Waals surface area contributed by atoms with Crippen LogP contribution in [0.3, 0.4) is 0 Å². The first-order chi connectivity index (χ1) is 13.0. The molecule has 0 saturated carbocycles. The molecule has 1 heterocycles. The molecule has 2 aromatic rings. The lowest BCUT2D eigenvalue weighted by molar-refractivity contribution is 0.249. The zero-order chi connectivity index (χ0) is 19.8. The summed E-state index contributed by atoms with van der Waals surface area (Å²) in [4.78, 5) is 4.96. The minimum Gasteiger partial charge on any atom is -0.368 e. The van der Waals surface area contributed by atoms with Gasteiger partial charge in [-0.25, -0.2) is 0 Å². The van der Waals surface area contributed by atoms with Crippen molar-refractivity contribution in [1.82, 2.24) is 4.90 Å². The van der Waals surface area contributed by atoms with Crippen LogP contribution in [-0.4, -0.2) is 31.1 Å². The number of nitrogens with zero attached hydrogens (tertiary/aromatic N) is 2. The Balaban J connectivity index is 0.000000817. The van der Waals surface area contributed by atoms with Crippen LogP contribution >= 0.6 is 0 Å². The number of rotatable bonds is 3. The van der Waals surface area contributed by atoms with E-state index in [4.69, 9.17) is 6.42 Å². The average Bonchev–Trinajstić information content (AvgIpc) is 2.67. The van der Waals surface area contributed by atoms with Crippen molar-refractivity contribution in [2.45, 2.75) is 47.6 Å². The summed E-state index contributed by atoms with van der Waals surface area (Å²) in [6, 6.07) is 12.9. The molecular weight excluding hydrogens is 328 g/mol. The molecule has 0 unspecified atom stereocenters. The molecule has 2 nitrogen and oxygen atoms in total. The molecule has 1 saturated heterocycles. The highest BCUT2D eigenvalue weighted by atomic mass is 15.3. The van der Waals surface area contributed by atoms with Crippen molar-refractivity contribution in [2.75, 3.05) is 31.1 Å². The molecule has 27 heavy (non-hydrogen) atoms. The van der Waals surface area contributed by atoms with E-state index < -0.39 is 0 Å². The number of aryl methyl sites for hydroxylation is 3. The zero-order valence-electron chi connectivity index (χ0n) is 17.7. The lowest BCUT2D eigenvalue weighted by Crippen LogP contribution is -2.46.